The summed E-state index contributed by atoms with van der Waals surface area (Å²) in [5.41, 5.74) is 9.01. The second kappa shape index (κ2) is 11.3. The molecule has 198 valence electrons. The van der Waals surface area contributed by atoms with Crippen LogP contribution in [0.5, 0.6) is 11.5 Å². The minimum Gasteiger partial charge on any atom is -0.497 e. The van der Waals surface area contributed by atoms with E-state index in [0.717, 1.165) is 39.3 Å². The van der Waals surface area contributed by atoms with Crippen molar-refractivity contribution in [1.82, 2.24) is 19.6 Å². The summed E-state index contributed by atoms with van der Waals surface area (Å²) in [7, 11) is 3.36. The molecule has 0 N–H and O–H groups in total. The molecule has 2 heterocycles. The van der Waals surface area contributed by atoms with Crippen LogP contribution in [0, 0.1) is 0 Å². The summed E-state index contributed by atoms with van der Waals surface area (Å²) in [4.78, 5) is 0. The first-order valence-corrected chi connectivity index (χ1v) is 13.2. The van der Waals surface area contributed by atoms with Gasteiger partial charge in [0.1, 0.15) is 11.5 Å². The molecule has 0 aliphatic carbocycles. The van der Waals surface area contributed by atoms with Gasteiger partial charge in [-0.15, -0.1) is 0 Å². The summed E-state index contributed by atoms with van der Waals surface area (Å²) in [5, 5.41) is 9.32. The average Bonchev–Trinajstić information content (AvgIpc) is 3.68. The first kappa shape index (κ1) is 25.2. The molecule has 0 aliphatic heterocycles. The number of hydrogen-bond donors (Lipinski definition) is 0. The highest BCUT2D eigenvalue weighted by atomic mass is 16.5. The normalized spacial score (nSPS) is 10.9. The summed E-state index contributed by atoms with van der Waals surface area (Å²) < 4.78 is 14.5. The fraction of sp³-hybridized carbons (Fsp3) is 0.118. The summed E-state index contributed by atoms with van der Waals surface area (Å²) in [6.45, 7) is 1.38. The lowest BCUT2D eigenvalue weighted by Gasteiger charge is -2.09. The number of aromatic nitrogens is 4. The highest BCUT2D eigenvalue weighted by molar-refractivity contribution is 5.80. The molecule has 0 unspecified atom stereocenters. The second-order valence-corrected chi connectivity index (χ2v) is 9.71. The van der Waals surface area contributed by atoms with E-state index < -0.39 is 0 Å². The average molecular weight is 527 g/mol. The van der Waals surface area contributed by atoms with Gasteiger partial charge in [0.25, 0.3) is 0 Å². The minimum absolute atomic E-state index is 0.688. The zero-order valence-corrected chi connectivity index (χ0v) is 22.6. The molecule has 6 nitrogen and oxygen atoms in total. The zero-order valence-electron chi connectivity index (χ0n) is 22.6. The first-order valence-electron chi connectivity index (χ1n) is 13.2. The number of nitrogens with zero attached hydrogens (tertiary/aromatic N) is 4. The predicted octanol–water partition coefficient (Wildman–Crippen LogP) is 7.19. The third-order valence-electron chi connectivity index (χ3n) is 6.98. The Balaban J connectivity index is 1.31. The van der Waals surface area contributed by atoms with Crippen LogP contribution in [0.4, 0.5) is 0 Å². The van der Waals surface area contributed by atoms with E-state index >= 15 is 0 Å². The van der Waals surface area contributed by atoms with Crippen LogP contribution in [-0.4, -0.2) is 33.8 Å². The fourth-order valence-corrected chi connectivity index (χ4v) is 4.79. The van der Waals surface area contributed by atoms with E-state index in [1.54, 1.807) is 14.2 Å². The minimum atomic E-state index is 0.688. The van der Waals surface area contributed by atoms with Gasteiger partial charge in [-0.25, -0.2) is 0 Å². The largest absolute Gasteiger partial charge is 0.497 e. The molecule has 0 aliphatic rings. The summed E-state index contributed by atoms with van der Waals surface area (Å²) in [6.07, 6.45) is 8.07. The number of hydrogen-bond acceptors (Lipinski definition) is 4. The number of methoxy groups -OCH3 is 2. The molecular weight excluding hydrogens is 496 g/mol. The van der Waals surface area contributed by atoms with E-state index in [1.165, 1.54) is 16.7 Å². The maximum absolute atomic E-state index is 5.28. The zero-order chi connectivity index (χ0) is 27.3. The van der Waals surface area contributed by atoms with Gasteiger partial charge in [-0.05, 0) is 75.8 Å². The predicted molar refractivity (Wildman–Crippen MR) is 159 cm³/mol. The van der Waals surface area contributed by atoms with Gasteiger partial charge in [0, 0.05) is 23.5 Å². The Hall–Kier alpha value is -5.10. The molecule has 2 aromatic heterocycles. The highest BCUT2D eigenvalue weighted by Gasteiger charge is 2.11. The first-order chi connectivity index (χ1) is 19.7. The lowest BCUT2D eigenvalue weighted by molar-refractivity contribution is 0.414. The molecular formula is C34H30N4O2. The van der Waals surface area contributed by atoms with Crippen molar-refractivity contribution in [3.05, 3.63) is 133 Å². The SMILES string of the molecule is COc1ccc(Cn2cc(-c3cc(-c4ccccc4)cc(-c4cnn(Cc5ccc(OC)cc5)c4)c3)cn2)cc1. The Bertz CT molecular complexity index is 1600. The molecule has 6 heteroatoms. The van der Waals surface area contributed by atoms with Crippen LogP contribution in [0.15, 0.2) is 122 Å². The summed E-state index contributed by atoms with van der Waals surface area (Å²) in [6, 6.07) is 33.3. The molecule has 6 rings (SSSR count). The van der Waals surface area contributed by atoms with Crippen LogP contribution >= 0.6 is 0 Å². The highest BCUT2D eigenvalue weighted by Crippen LogP contribution is 2.33. The quantitative estimate of drug-likeness (QED) is 0.200. The Morgan fingerprint density at radius 2 is 0.925 bits per heavy atom. The van der Waals surface area contributed by atoms with E-state index in [1.807, 2.05) is 52.1 Å². The number of ether oxygens (including phenoxy) is 2. The molecule has 0 fully saturated rings. The summed E-state index contributed by atoms with van der Waals surface area (Å²) >= 11 is 0. The Labute approximate surface area is 234 Å². The van der Waals surface area contributed by atoms with Crippen molar-refractivity contribution < 1.29 is 9.47 Å². The lowest BCUT2D eigenvalue weighted by Crippen LogP contribution is -1.99. The maximum atomic E-state index is 5.28. The van der Waals surface area contributed by atoms with Crippen molar-refractivity contribution >= 4 is 0 Å². The molecule has 0 spiro atoms. The molecule has 0 radical (unpaired) electrons. The standard InChI is InChI=1S/C34H30N4O2/c1-39-33-12-8-25(9-13-33)21-37-23-31(19-35-37)29-16-28(27-6-4-3-5-7-27)17-30(18-29)32-20-36-38(24-32)22-26-10-14-34(40-2)15-11-26/h3-20,23-24H,21-22H2,1-2H3. The van der Waals surface area contributed by atoms with Crippen molar-refractivity contribution in [1.29, 1.82) is 0 Å². The molecule has 0 atom stereocenters. The maximum Gasteiger partial charge on any atom is 0.118 e. The number of rotatable bonds is 9. The molecule has 4 aromatic carbocycles. The van der Waals surface area contributed by atoms with Gasteiger partial charge in [0.2, 0.25) is 0 Å². The lowest BCUT2D eigenvalue weighted by atomic mass is 9.95. The van der Waals surface area contributed by atoms with Crippen molar-refractivity contribution in [3.8, 4) is 44.9 Å². The smallest absolute Gasteiger partial charge is 0.118 e. The van der Waals surface area contributed by atoms with Crippen LogP contribution < -0.4 is 9.47 Å². The van der Waals surface area contributed by atoms with Gasteiger partial charge in [-0.2, -0.15) is 10.2 Å². The van der Waals surface area contributed by atoms with Crippen molar-refractivity contribution in [2.45, 2.75) is 13.1 Å². The topological polar surface area (TPSA) is 54.1 Å². The van der Waals surface area contributed by atoms with Gasteiger partial charge in [0.15, 0.2) is 0 Å². The molecule has 0 saturated carbocycles. The van der Waals surface area contributed by atoms with Gasteiger partial charge >= 0.3 is 0 Å². The van der Waals surface area contributed by atoms with E-state index in [2.05, 4.69) is 89.3 Å². The molecule has 0 bridgehead atoms. The van der Waals surface area contributed by atoms with Crippen molar-refractivity contribution in [2.24, 2.45) is 0 Å². The van der Waals surface area contributed by atoms with Crippen LogP contribution in [0.1, 0.15) is 11.1 Å². The Morgan fingerprint density at radius 1 is 0.500 bits per heavy atom. The molecule has 40 heavy (non-hydrogen) atoms. The van der Waals surface area contributed by atoms with E-state index in [-0.39, 0.29) is 0 Å². The molecule has 6 aromatic rings. The van der Waals surface area contributed by atoms with Crippen LogP contribution in [0.2, 0.25) is 0 Å². The summed E-state index contributed by atoms with van der Waals surface area (Å²) in [5.74, 6) is 1.70. The number of benzene rings is 4. The van der Waals surface area contributed by atoms with Crippen LogP contribution in [-0.2, 0) is 13.1 Å². The molecule has 0 saturated heterocycles. The Morgan fingerprint density at radius 3 is 1.35 bits per heavy atom. The van der Waals surface area contributed by atoms with E-state index in [4.69, 9.17) is 9.47 Å². The molecule has 0 amide bonds. The third-order valence-corrected chi connectivity index (χ3v) is 6.98. The Kier molecular flexibility index (Phi) is 7.14. The van der Waals surface area contributed by atoms with Gasteiger partial charge in [-0.3, -0.25) is 9.36 Å². The van der Waals surface area contributed by atoms with Crippen LogP contribution in [0.3, 0.4) is 0 Å². The second-order valence-electron chi connectivity index (χ2n) is 9.71. The van der Waals surface area contributed by atoms with Crippen LogP contribution in [0.25, 0.3) is 33.4 Å². The van der Waals surface area contributed by atoms with Gasteiger partial charge in [0.05, 0.1) is 39.7 Å². The third kappa shape index (κ3) is 5.66. The van der Waals surface area contributed by atoms with Crippen molar-refractivity contribution in [3.63, 3.8) is 0 Å². The van der Waals surface area contributed by atoms with Gasteiger partial charge < -0.3 is 9.47 Å². The fourth-order valence-electron chi connectivity index (χ4n) is 4.79. The monoisotopic (exact) mass is 526 g/mol. The van der Waals surface area contributed by atoms with E-state index in [9.17, 15) is 0 Å². The van der Waals surface area contributed by atoms with E-state index in [0.29, 0.717) is 13.1 Å². The van der Waals surface area contributed by atoms with Crippen molar-refractivity contribution in [2.75, 3.05) is 14.2 Å². The van der Waals surface area contributed by atoms with Gasteiger partial charge in [-0.1, -0.05) is 54.6 Å².